The molecule has 1 fully saturated rings. The van der Waals surface area contributed by atoms with Crippen molar-refractivity contribution in [1.82, 2.24) is 14.9 Å². The topological polar surface area (TPSA) is 87.7 Å². The summed E-state index contributed by atoms with van der Waals surface area (Å²) in [6.45, 7) is 4.57. The number of piperidine rings is 1. The molecule has 22 heavy (non-hydrogen) atoms. The van der Waals surface area contributed by atoms with Crippen molar-refractivity contribution in [3.05, 3.63) is 12.3 Å². The van der Waals surface area contributed by atoms with Crippen LogP contribution in [-0.4, -0.2) is 73.5 Å². The first-order valence-electron chi connectivity index (χ1n) is 7.74. The number of likely N-dealkylation sites (N-methyl/N-ethyl adjacent to an activating group) is 1. The van der Waals surface area contributed by atoms with Gasteiger partial charge in [0.05, 0.1) is 6.61 Å². The first-order chi connectivity index (χ1) is 10.6. The number of rotatable bonds is 7. The summed E-state index contributed by atoms with van der Waals surface area (Å²) >= 11 is 0. The minimum absolute atomic E-state index is 0.204. The van der Waals surface area contributed by atoms with Crippen molar-refractivity contribution in [2.24, 2.45) is 11.8 Å². The Hall–Kier alpha value is -1.44. The second-order valence-electron chi connectivity index (χ2n) is 6.08. The Morgan fingerprint density at radius 1 is 1.45 bits per heavy atom. The van der Waals surface area contributed by atoms with E-state index in [0.29, 0.717) is 5.92 Å². The molecule has 1 saturated heterocycles. The minimum Gasteiger partial charge on any atom is -0.396 e. The van der Waals surface area contributed by atoms with Gasteiger partial charge in [-0.25, -0.2) is 4.98 Å². The number of nitrogens with two attached hydrogens (primary N) is 1. The number of aliphatic hydroxyl groups excluding tert-OH is 1. The van der Waals surface area contributed by atoms with E-state index < -0.39 is 0 Å². The summed E-state index contributed by atoms with van der Waals surface area (Å²) in [5, 5.41) is 9.59. The number of nitrogens with zero attached hydrogens (tertiary/aromatic N) is 4. The maximum atomic E-state index is 9.59. The highest BCUT2D eigenvalue weighted by Gasteiger charge is 2.28. The molecule has 3 N–H and O–H groups in total. The number of ether oxygens (including phenoxy) is 1. The van der Waals surface area contributed by atoms with Gasteiger partial charge in [0, 0.05) is 46.1 Å². The third-order valence-corrected chi connectivity index (χ3v) is 4.11. The SMILES string of the molecule is COCCN(C)C[C@H]1C[C@@H](CO)CN(c2ccnc(N)n2)C1. The average Bonchev–Trinajstić information content (AvgIpc) is 2.52. The van der Waals surface area contributed by atoms with Crippen LogP contribution in [0.3, 0.4) is 0 Å². The van der Waals surface area contributed by atoms with Crippen molar-refractivity contribution >= 4 is 11.8 Å². The summed E-state index contributed by atoms with van der Waals surface area (Å²) in [7, 11) is 3.83. The fourth-order valence-corrected chi connectivity index (χ4v) is 3.09. The van der Waals surface area contributed by atoms with Gasteiger partial charge in [0.1, 0.15) is 5.82 Å². The molecule has 7 nitrogen and oxygen atoms in total. The lowest BCUT2D eigenvalue weighted by Crippen LogP contribution is -2.45. The van der Waals surface area contributed by atoms with Crippen LogP contribution in [0.5, 0.6) is 0 Å². The number of nitrogen functional groups attached to an aromatic ring is 1. The molecule has 0 saturated carbocycles. The Labute approximate surface area is 132 Å². The molecule has 1 aliphatic rings. The summed E-state index contributed by atoms with van der Waals surface area (Å²) in [5.74, 6) is 1.89. The van der Waals surface area contributed by atoms with E-state index in [-0.39, 0.29) is 18.5 Å². The van der Waals surface area contributed by atoms with Crippen LogP contribution in [0.15, 0.2) is 12.3 Å². The zero-order chi connectivity index (χ0) is 15.9. The third kappa shape index (κ3) is 4.79. The van der Waals surface area contributed by atoms with Crippen LogP contribution < -0.4 is 10.6 Å². The lowest BCUT2D eigenvalue weighted by atomic mass is 9.89. The van der Waals surface area contributed by atoms with Crippen LogP contribution in [0, 0.1) is 11.8 Å². The van der Waals surface area contributed by atoms with Crippen molar-refractivity contribution in [2.75, 3.05) is 64.2 Å². The van der Waals surface area contributed by atoms with Gasteiger partial charge in [0.25, 0.3) is 0 Å². The highest BCUT2D eigenvalue weighted by atomic mass is 16.5. The number of aliphatic hydroxyl groups is 1. The van der Waals surface area contributed by atoms with E-state index in [1.165, 1.54) is 0 Å². The highest BCUT2D eigenvalue weighted by Crippen LogP contribution is 2.26. The second kappa shape index (κ2) is 8.26. The third-order valence-electron chi connectivity index (χ3n) is 4.11. The minimum atomic E-state index is 0.204. The largest absolute Gasteiger partial charge is 0.396 e. The Bertz CT molecular complexity index is 459. The zero-order valence-corrected chi connectivity index (χ0v) is 13.5. The second-order valence-corrected chi connectivity index (χ2v) is 6.08. The summed E-state index contributed by atoms with van der Waals surface area (Å²) in [6, 6.07) is 1.88. The first-order valence-corrected chi connectivity index (χ1v) is 7.74. The van der Waals surface area contributed by atoms with Crippen LogP contribution in [0.1, 0.15) is 6.42 Å². The van der Waals surface area contributed by atoms with Crippen molar-refractivity contribution in [3.63, 3.8) is 0 Å². The van der Waals surface area contributed by atoms with E-state index in [2.05, 4.69) is 26.8 Å². The van der Waals surface area contributed by atoms with E-state index in [1.54, 1.807) is 13.3 Å². The first kappa shape index (κ1) is 16.9. The van der Waals surface area contributed by atoms with Crippen molar-refractivity contribution in [1.29, 1.82) is 0 Å². The van der Waals surface area contributed by atoms with Gasteiger partial charge in [0.15, 0.2) is 0 Å². The van der Waals surface area contributed by atoms with Crippen LogP contribution >= 0.6 is 0 Å². The van der Waals surface area contributed by atoms with Gasteiger partial charge in [0.2, 0.25) is 5.95 Å². The molecule has 2 rings (SSSR count). The summed E-state index contributed by atoms with van der Waals surface area (Å²) in [4.78, 5) is 12.7. The molecule has 0 spiro atoms. The van der Waals surface area contributed by atoms with Gasteiger partial charge in [-0.3, -0.25) is 0 Å². The van der Waals surface area contributed by atoms with E-state index >= 15 is 0 Å². The molecule has 0 aliphatic carbocycles. The summed E-state index contributed by atoms with van der Waals surface area (Å²) in [6.07, 6.45) is 2.71. The number of hydrogen-bond donors (Lipinski definition) is 2. The molecule has 0 aromatic carbocycles. The Morgan fingerprint density at radius 3 is 2.91 bits per heavy atom. The molecule has 2 atom stereocenters. The van der Waals surface area contributed by atoms with Crippen LogP contribution in [0.25, 0.3) is 0 Å². The number of aromatic nitrogens is 2. The maximum Gasteiger partial charge on any atom is 0.221 e. The summed E-state index contributed by atoms with van der Waals surface area (Å²) in [5.41, 5.74) is 5.68. The lowest BCUT2D eigenvalue weighted by molar-refractivity contribution is 0.133. The molecular weight excluding hydrogens is 282 g/mol. The normalized spacial score (nSPS) is 22.3. The predicted molar refractivity (Wildman–Crippen MR) is 86.7 cm³/mol. The molecule has 1 aromatic heterocycles. The molecule has 7 heteroatoms. The molecule has 1 aliphatic heterocycles. The van der Waals surface area contributed by atoms with Crippen LogP contribution in [0.4, 0.5) is 11.8 Å². The van der Waals surface area contributed by atoms with Gasteiger partial charge >= 0.3 is 0 Å². The van der Waals surface area contributed by atoms with Crippen LogP contribution in [0.2, 0.25) is 0 Å². The fraction of sp³-hybridized carbons (Fsp3) is 0.733. The monoisotopic (exact) mass is 309 g/mol. The molecular formula is C15H27N5O2. The molecule has 2 heterocycles. The van der Waals surface area contributed by atoms with E-state index in [0.717, 1.165) is 45.0 Å². The van der Waals surface area contributed by atoms with Gasteiger partial charge in [-0.15, -0.1) is 0 Å². The average molecular weight is 309 g/mol. The Morgan fingerprint density at radius 2 is 2.23 bits per heavy atom. The van der Waals surface area contributed by atoms with Crippen molar-refractivity contribution in [3.8, 4) is 0 Å². The van der Waals surface area contributed by atoms with E-state index in [4.69, 9.17) is 10.5 Å². The standard InChI is InChI=1S/C15H27N5O2/c1-19(5-6-22-2)8-12-7-13(11-21)10-20(9-12)14-3-4-17-15(16)18-14/h3-4,12-13,21H,5-11H2,1-2H3,(H2,16,17,18)/t12-,13-/m1/s1. The molecule has 1 aromatic rings. The number of methoxy groups -OCH3 is 1. The molecule has 0 radical (unpaired) electrons. The van der Waals surface area contributed by atoms with Gasteiger partial charge in [-0.05, 0) is 31.4 Å². The smallest absolute Gasteiger partial charge is 0.221 e. The fourth-order valence-electron chi connectivity index (χ4n) is 3.09. The summed E-state index contributed by atoms with van der Waals surface area (Å²) < 4.78 is 5.12. The predicted octanol–water partition coefficient (Wildman–Crippen LogP) is 0.0718. The number of anilines is 2. The van der Waals surface area contributed by atoms with Gasteiger partial charge < -0.3 is 25.4 Å². The molecule has 0 unspecified atom stereocenters. The van der Waals surface area contributed by atoms with Crippen molar-refractivity contribution < 1.29 is 9.84 Å². The molecule has 0 amide bonds. The molecule has 124 valence electrons. The maximum absolute atomic E-state index is 9.59. The van der Waals surface area contributed by atoms with Gasteiger partial charge in [-0.1, -0.05) is 0 Å². The molecule has 0 bridgehead atoms. The zero-order valence-electron chi connectivity index (χ0n) is 13.5. The highest BCUT2D eigenvalue weighted by molar-refractivity contribution is 5.41. The van der Waals surface area contributed by atoms with Crippen LogP contribution in [-0.2, 0) is 4.74 Å². The van der Waals surface area contributed by atoms with E-state index in [1.807, 2.05) is 6.07 Å². The number of hydrogen-bond acceptors (Lipinski definition) is 7. The quantitative estimate of drug-likeness (QED) is 0.737. The van der Waals surface area contributed by atoms with E-state index in [9.17, 15) is 5.11 Å². The van der Waals surface area contributed by atoms with Gasteiger partial charge in [-0.2, -0.15) is 4.98 Å². The Balaban J connectivity index is 2.00. The lowest BCUT2D eigenvalue weighted by Gasteiger charge is -2.39. The van der Waals surface area contributed by atoms with Crippen molar-refractivity contribution in [2.45, 2.75) is 6.42 Å². The Kier molecular flexibility index (Phi) is 6.35.